The summed E-state index contributed by atoms with van der Waals surface area (Å²) in [4.78, 5) is 0. The van der Waals surface area contributed by atoms with Crippen LogP contribution < -0.4 is 10.1 Å². The van der Waals surface area contributed by atoms with Crippen molar-refractivity contribution in [2.45, 2.75) is 51.3 Å². The maximum atomic E-state index is 12.3. The Morgan fingerprint density at radius 2 is 2.00 bits per heavy atom. The molecular formula is C14H18ClF2NO. The van der Waals surface area contributed by atoms with Gasteiger partial charge in [-0.3, -0.25) is 0 Å². The largest absolute Gasteiger partial charge is 0.434 e. The first-order chi connectivity index (χ1) is 9.15. The summed E-state index contributed by atoms with van der Waals surface area (Å²) < 4.78 is 29.1. The van der Waals surface area contributed by atoms with E-state index in [1.807, 2.05) is 0 Å². The van der Waals surface area contributed by atoms with Crippen molar-refractivity contribution < 1.29 is 13.5 Å². The van der Waals surface area contributed by atoms with Crippen LogP contribution in [0.4, 0.5) is 8.78 Å². The molecule has 0 saturated heterocycles. The first-order valence-electron chi connectivity index (χ1n) is 6.62. The van der Waals surface area contributed by atoms with Gasteiger partial charge in [-0.05, 0) is 31.0 Å². The summed E-state index contributed by atoms with van der Waals surface area (Å²) in [6.07, 6.45) is 6.04. The number of rotatable bonds is 5. The van der Waals surface area contributed by atoms with Crippen LogP contribution in [-0.2, 0) is 6.54 Å². The molecule has 0 amide bonds. The van der Waals surface area contributed by atoms with Gasteiger partial charge in [-0.15, -0.1) is 0 Å². The zero-order chi connectivity index (χ0) is 13.7. The molecule has 2 nitrogen and oxygen atoms in total. The Morgan fingerprint density at radius 3 is 2.68 bits per heavy atom. The topological polar surface area (TPSA) is 21.3 Å². The van der Waals surface area contributed by atoms with E-state index in [-0.39, 0.29) is 5.75 Å². The van der Waals surface area contributed by atoms with Gasteiger partial charge in [0.15, 0.2) is 0 Å². The number of hydrogen-bond acceptors (Lipinski definition) is 2. The highest BCUT2D eigenvalue weighted by Crippen LogP contribution is 2.25. The van der Waals surface area contributed by atoms with Crippen molar-refractivity contribution in [1.82, 2.24) is 5.32 Å². The molecule has 0 bridgehead atoms. The predicted octanol–water partition coefficient (Wildman–Crippen LogP) is 4.36. The number of benzene rings is 1. The Hall–Kier alpha value is -0.870. The summed E-state index contributed by atoms with van der Waals surface area (Å²) in [6, 6.07) is 5.19. The lowest BCUT2D eigenvalue weighted by atomic mass is 9.95. The van der Waals surface area contributed by atoms with Gasteiger partial charge in [-0.2, -0.15) is 8.78 Å². The van der Waals surface area contributed by atoms with E-state index in [4.69, 9.17) is 11.6 Å². The second kappa shape index (κ2) is 7.06. The second-order valence-electron chi connectivity index (χ2n) is 4.85. The number of halogens is 3. The van der Waals surface area contributed by atoms with Gasteiger partial charge < -0.3 is 10.1 Å². The molecule has 1 aromatic rings. The van der Waals surface area contributed by atoms with Crippen molar-refractivity contribution >= 4 is 11.6 Å². The predicted molar refractivity (Wildman–Crippen MR) is 71.8 cm³/mol. The quantitative estimate of drug-likeness (QED) is 0.869. The first-order valence-corrected chi connectivity index (χ1v) is 6.99. The molecule has 0 spiro atoms. The lowest BCUT2D eigenvalue weighted by Crippen LogP contribution is -2.30. The maximum Gasteiger partial charge on any atom is 0.387 e. The Kier molecular flexibility index (Phi) is 5.40. The fraction of sp³-hybridized carbons (Fsp3) is 0.571. The Morgan fingerprint density at radius 1 is 1.26 bits per heavy atom. The van der Waals surface area contributed by atoms with Gasteiger partial charge in [0.2, 0.25) is 0 Å². The van der Waals surface area contributed by atoms with Crippen molar-refractivity contribution in [3.05, 3.63) is 28.8 Å². The molecular weight excluding hydrogens is 272 g/mol. The lowest BCUT2D eigenvalue weighted by Gasteiger charge is -2.23. The summed E-state index contributed by atoms with van der Waals surface area (Å²) in [6.45, 7) is -2.30. The van der Waals surface area contributed by atoms with E-state index < -0.39 is 6.61 Å². The molecule has 1 aromatic carbocycles. The first kappa shape index (κ1) is 14.5. The van der Waals surface area contributed by atoms with Crippen LogP contribution in [0.15, 0.2) is 18.2 Å². The normalized spacial score (nSPS) is 16.8. The second-order valence-corrected chi connectivity index (χ2v) is 5.28. The standard InChI is InChI=1S/C14H18ClF2NO/c15-11-6-7-13(19-14(16)17)10(8-11)9-18-12-4-2-1-3-5-12/h6-8,12,14,18H,1-5,9H2. The number of ether oxygens (including phenoxy) is 1. The summed E-state index contributed by atoms with van der Waals surface area (Å²) in [5.74, 6) is 0.197. The number of hydrogen-bond donors (Lipinski definition) is 1. The molecule has 1 N–H and O–H groups in total. The van der Waals surface area contributed by atoms with Gasteiger partial charge in [0.1, 0.15) is 5.75 Å². The molecule has 106 valence electrons. The van der Waals surface area contributed by atoms with Gasteiger partial charge in [-0.1, -0.05) is 30.9 Å². The zero-order valence-electron chi connectivity index (χ0n) is 10.7. The van der Waals surface area contributed by atoms with E-state index in [9.17, 15) is 8.78 Å². The third-order valence-electron chi connectivity index (χ3n) is 3.42. The van der Waals surface area contributed by atoms with Gasteiger partial charge in [0.25, 0.3) is 0 Å². The van der Waals surface area contributed by atoms with Crippen LogP contribution >= 0.6 is 11.6 Å². The SMILES string of the molecule is FC(F)Oc1ccc(Cl)cc1CNC1CCCCC1. The summed E-state index contributed by atoms with van der Waals surface area (Å²) in [5, 5.41) is 3.92. The highest BCUT2D eigenvalue weighted by Gasteiger charge is 2.15. The Balaban J connectivity index is 1.98. The summed E-state index contributed by atoms with van der Waals surface area (Å²) >= 11 is 5.90. The van der Waals surface area contributed by atoms with Gasteiger partial charge >= 0.3 is 6.61 Å². The van der Waals surface area contributed by atoms with E-state index in [0.717, 1.165) is 12.8 Å². The van der Waals surface area contributed by atoms with Crippen LogP contribution in [0.5, 0.6) is 5.75 Å². The minimum absolute atomic E-state index is 0.197. The molecule has 1 saturated carbocycles. The van der Waals surface area contributed by atoms with Gasteiger partial charge in [0.05, 0.1) is 0 Å². The lowest BCUT2D eigenvalue weighted by molar-refractivity contribution is -0.0505. The van der Waals surface area contributed by atoms with Gasteiger partial charge in [0, 0.05) is 23.2 Å². The molecule has 2 rings (SSSR count). The fourth-order valence-corrected chi connectivity index (χ4v) is 2.65. The molecule has 5 heteroatoms. The molecule has 0 aliphatic heterocycles. The van der Waals surface area contributed by atoms with Gasteiger partial charge in [-0.25, -0.2) is 0 Å². The van der Waals surface area contributed by atoms with Crippen molar-refractivity contribution in [3.63, 3.8) is 0 Å². The van der Waals surface area contributed by atoms with E-state index in [1.165, 1.54) is 25.3 Å². The highest BCUT2D eigenvalue weighted by atomic mass is 35.5. The molecule has 0 radical (unpaired) electrons. The smallest absolute Gasteiger partial charge is 0.387 e. The molecule has 0 atom stereocenters. The fourth-order valence-electron chi connectivity index (χ4n) is 2.46. The van der Waals surface area contributed by atoms with Crippen molar-refractivity contribution in [2.75, 3.05) is 0 Å². The Labute approximate surface area is 117 Å². The molecule has 1 aliphatic rings. The minimum Gasteiger partial charge on any atom is -0.434 e. The van der Waals surface area contributed by atoms with Crippen LogP contribution in [0, 0.1) is 0 Å². The van der Waals surface area contributed by atoms with E-state index in [0.29, 0.717) is 23.2 Å². The van der Waals surface area contributed by atoms with Crippen molar-refractivity contribution in [1.29, 1.82) is 0 Å². The maximum absolute atomic E-state index is 12.3. The number of alkyl halides is 2. The molecule has 0 heterocycles. The molecule has 1 aliphatic carbocycles. The average Bonchev–Trinajstić information content (AvgIpc) is 2.40. The minimum atomic E-state index is -2.81. The monoisotopic (exact) mass is 289 g/mol. The van der Waals surface area contributed by atoms with Crippen molar-refractivity contribution in [3.8, 4) is 5.75 Å². The van der Waals surface area contributed by atoms with Crippen LogP contribution in [0.1, 0.15) is 37.7 Å². The van der Waals surface area contributed by atoms with Crippen LogP contribution in [0.25, 0.3) is 0 Å². The Bertz CT molecular complexity index is 408. The molecule has 1 fully saturated rings. The highest BCUT2D eigenvalue weighted by molar-refractivity contribution is 6.30. The van der Waals surface area contributed by atoms with Crippen LogP contribution in [0.3, 0.4) is 0 Å². The van der Waals surface area contributed by atoms with Crippen molar-refractivity contribution in [2.24, 2.45) is 0 Å². The number of nitrogens with one attached hydrogen (secondary N) is 1. The average molecular weight is 290 g/mol. The van der Waals surface area contributed by atoms with E-state index in [1.54, 1.807) is 12.1 Å². The van der Waals surface area contributed by atoms with E-state index in [2.05, 4.69) is 10.1 Å². The third-order valence-corrected chi connectivity index (χ3v) is 3.66. The molecule has 0 unspecified atom stereocenters. The summed E-state index contributed by atoms with van der Waals surface area (Å²) in [5.41, 5.74) is 0.679. The van der Waals surface area contributed by atoms with E-state index >= 15 is 0 Å². The van der Waals surface area contributed by atoms with Crippen LogP contribution in [-0.4, -0.2) is 12.7 Å². The third kappa shape index (κ3) is 4.62. The molecule has 0 aromatic heterocycles. The van der Waals surface area contributed by atoms with Crippen LogP contribution in [0.2, 0.25) is 5.02 Å². The molecule has 19 heavy (non-hydrogen) atoms. The summed E-state index contributed by atoms with van der Waals surface area (Å²) in [7, 11) is 0. The zero-order valence-corrected chi connectivity index (χ0v) is 11.4.